The Kier molecular flexibility index (Phi) is 4.04. The lowest BCUT2D eigenvalue weighted by Crippen LogP contribution is -2.04. The van der Waals surface area contributed by atoms with Crippen LogP contribution in [0.5, 0.6) is 5.75 Å². The van der Waals surface area contributed by atoms with Gasteiger partial charge in [-0.15, -0.1) is 11.3 Å². The number of carbonyl (C=O) groups is 1. The van der Waals surface area contributed by atoms with Gasteiger partial charge in [0.15, 0.2) is 0 Å². The molecule has 18 heavy (non-hydrogen) atoms. The molecule has 1 aromatic carbocycles. The highest BCUT2D eigenvalue weighted by molar-refractivity contribution is 7.13. The van der Waals surface area contributed by atoms with Gasteiger partial charge in [-0.3, -0.25) is 4.79 Å². The maximum Gasteiger partial charge on any atom is 0.208 e. The first-order valence-electron chi connectivity index (χ1n) is 5.64. The van der Waals surface area contributed by atoms with Gasteiger partial charge in [0.25, 0.3) is 0 Å². The molecule has 0 aliphatic rings. The van der Waals surface area contributed by atoms with Crippen LogP contribution in [0, 0.1) is 6.92 Å². The normalized spacial score (nSPS) is 10.4. The molecule has 1 aromatic heterocycles. The lowest BCUT2D eigenvalue weighted by Gasteiger charge is -2.09. The molecule has 4 heteroatoms. The fourth-order valence-electron chi connectivity index (χ4n) is 1.68. The Labute approximate surface area is 115 Å². The Hall–Kier alpha value is -1.32. The van der Waals surface area contributed by atoms with Gasteiger partial charge >= 0.3 is 0 Å². The predicted octanol–water partition coefficient (Wildman–Crippen LogP) is 4.34. The Morgan fingerprint density at radius 1 is 1.39 bits per heavy atom. The molecule has 0 aliphatic carbocycles. The monoisotopic (exact) mass is 280 g/mol. The van der Waals surface area contributed by atoms with Gasteiger partial charge in [0.05, 0.1) is 22.1 Å². The van der Waals surface area contributed by atoms with Crippen molar-refractivity contribution < 1.29 is 9.53 Å². The number of thiophene rings is 1. The number of rotatable bonds is 4. The fourth-order valence-corrected chi connectivity index (χ4v) is 2.78. The smallest absolute Gasteiger partial charge is 0.208 e. The van der Waals surface area contributed by atoms with Crippen LogP contribution in [0.4, 0.5) is 0 Å². The zero-order valence-corrected chi connectivity index (χ0v) is 11.8. The molecule has 0 fully saturated rings. The highest BCUT2D eigenvalue weighted by Gasteiger charge is 2.18. The van der Waals surface area contributed by atoms with Crippen LogP contribution in [0.3, 0.4) is 0 Å². The van der Waals surface area contributed by atoms with Gasteiger partial charge in [-0.25, -0.2) is 0 Å². The number of benzene rings is 1. The first-order chi connectivity index (χ1) is 8.63. The van der Waals surface area contributed by atoms with E-state index in [1.165, 1.54) is 11.3 Å². The molecule has 1 heterocycles. The maximum absolute atomic E-state index is 12.4. The van der Waals surface area contributed by atoms with E-state index in [9.17, 15) is 4.79 Å². The van der Waals surface area contributed by atoms with Crippen molar-refractivity contribution in [3.8, 4) is 5.75 Å². The molecule has 94 valence electrons. The van der Waals surface area contributed by atoms with Gasteiger partial charge < -0.3 is 4.74 Å². The summed E-state index contributed by atoms with van der Waals surface area (Å²) in [5, 5.41) is 2.31. The second-order valence-electron chi connectivity index (χ2n) is 3.86. The third kappa shape index (κ3) is 2.57. The molecule has 0 saturated heterocycles. The largest absolute Gasteiger partial charge is 0.493 e. The number of hydrogen-bond donors (Lipinski definition) is 0. The van der Waals surface area contributed by atoms with Gasteiger partial charge in [0.2, 0.25) is 5.78 Å². The minimum Gasteiger partial charge on any atom is -0.493 e. The quantitative estimate of drug-likeness (QED) is 0.779. The van der Waals surface area contributed by atoms with E-state index in [2.05, 4.69) is 0 Å². The summed E-state index contributed by atoms with van der Waals surface area (Å²) in [6, 6.07) is 7.32. The maximum atomic E-state index is 12.4. The van der Waals surface area contributed by atoms with Crippen LogP contribution in [0.1, 0.15) is 27.7 Å². The van der Waals surface area contributed by atoms with Crippen LogP contribution in [0.25, 0.3) is 0 Å². The number of ketones is 1. The standard InChI is InChI=1S/C14H13ClO2S/c1-3-17-12-5-4-9(2)8-10(12)13(16)14-11(15)6-7-18-14/h4-8H,3H2,1-2H3. The third-order valence-corrected chi connectivity index (χ3v) is 3.84. The lowest BCUT2D eigenvalue weighted by molar-refractivity contribution is 0.103. The summed E-state index contributed by atoms with van der Waals surface area (Å²) in [5.41, 5.74) is 1.59. The van der Waals surface area contributed by atoms with E-state index in [-0.39, 0.29) is 5.78 Å². The molecule has 0 aliphatic heterocycles. The summed E-state index contributed by atoms with van der Waals surface area (Å²) in [7, 11) is 0. The summed E-state index contributed by atoms with van der Waals surface area (Å²) in [6.45, 7) is 4.37. The first kappa shape index (κ1) is 13.1. The van der Waals surface area contributed by atoms with Crippen molar-refractivity contribution in [1.82, 2.24) is 0 Å². The van der Waals surface area contributed by atoms with Crippen LogP contribution in [-0.2, 0) is 0 Å². The molecule has 2 nitrogen and oxygen atoms in total. The molecule has 2 aromatic rings. The van der Waals surface area contributed by atoms with Crippen molar-refractivity contribution in [1.29, 1.82) is 0 Å². The minimum absolute atomic E-state index is 0.0813. The molecule has 0 radical (unpaired) electrons. The number of hydrogen-bond acceptors (Lipinski definition) is 3. The molecule has 0 bridgehead atoms. The lowest BCUT2D eigenvalue weighted by atomic mass is 10.1. The van der Waals surface area contributed by atoms with E-state index in [1.807, 2.05) is 37.4 Å². The van der Waals surface area contributed by atoms with Crippen molar-refractivity contribution >= 4 is 28.7 Å². The van der Waals surface area contributed by atoms with Gasteiger partial charge in [-0.2, -0.15) is 0 Å². The molecule has 0 spiro atoms. The van der Waals surface area contributed by atoms with Crippen molar-refractivity contribution in [3.63, 3.8) is 0 Å². The summed E-state index contributed by atoms with van der Waals surface area (Å²) in [6.07, 6.45) is 0. The zero-order valence-electron chi connectivity index (χ0n) is 10.2. The van der Waals surface area contributed by atoms with Crippen LogP contribution in [0.15, 0.2) is 29.6 Å². The SMILES string of the molecule is CCOc1ccc(C)cc1C(=O)c1sccc1Cl. The molecule has 0 amide bonds. The summed E-state index contributed by atoms with van der Waals surface area (Å²) in [4.78, 5) is 13.0. The van der Waals surface area contributed by atoms with Crippen molar-refractivity contribution in [2.45, 2.75) is 13.8 Å². The number of carbonyl (C=O) groups excluding carboxylic acids is 1. The van der Waals surface area contributed by atoms with E-state index in [0.717, 1.165) is 5.56 Å². The number of halogens is 1. The molecule has 0 N–H and O–H groups in total. The highest BCUT2D eigenvalue weighted by atomic mass is 35.5. The first-order valence-corrected chi connectivity index (χ1v) is 6.90. The Morgan fingerprint density at radius 3 is 2.78 bits per heavy atom. The summed E-state index contributed by atoms with van der Waals surface area (Å²) < 4.78 is 5.49. The van der Waals surface area contributed by atoms with E-state index in [1.54, 1.807) is 6.07 Å². The van der Waals surface area contributed by atoms with Crippen LogP contribution in [0.2, 0.25) is 5.02 Å². The van der Waals surface area contributed by atoms with Gasteiger partial charge in [-0.1, -0.05) is 23.2 Å². The highest BCUT2D eigenvalue weighted by Crippen LogP contribution is 2.29. The molecule has 2 rings (SSSR count). The van der Waals surface area contributed by atoms with Crippen molar-refractivity contribution in [2.75, 3.05) is 6.61 Å². The number of aryl methyl sites for hydroxylation is 1. The van der Waals surface area contributed by atoms with Gasteiger partial charge in [-0.05, 0) is 37.4 Å². The van der Waals surface area contributed by atoms with Crippen molar-refractivity contribution in [3.05, 3.63) is 50.7 Å². The van der Waals surface area contributed by atoms with Gasteiger partial charge in [0.1, 0.15) is 5.75 Å². The Morgan fingerprint density at radius 2 is 2.17 bits per heavy atom. The van der Waals surface area contributed by atoms with Crippen LogP contribution < -0.4 is 4.74 Å². The fraction of sp³-hybridized carbons (Fsp3) is 0.214. The molecular weight excluding hydrogens is 268 g/mol. The second-order valence-corrected chi connectivity index (χ2v) is 5.18. The molecule has 0 atom stereocenters. The second kappa shape index (κ2) is 5.55. The van der Waals surface area contributed by atoms with E-state index in [4.69, 9.17) is 16.3 Å². The van der Waals surface area contributed by atoms with E-state index < -0.39 is 0 Å². The molecular formula is C14H13ClO2S. The average molecular weight is 281 g/mol. The van der Waals surface area contributed by atoms with Crippen molar-refractivity contribution in [2.24, 2.45) is 0 Å². The number of ether oxygens (including phenoxy) is 1. The Bertz CT molecular complexity index is 575. The third-order valence-electron chi connectivity index (χ3n) is 2.50. The summed E-state index contributed by atoms with van der Waals surface area (Å²) in [5.74, 6) is 0.528. The van der Waals surface area contributed by atoms with E-state index >= 15 is 0 Å². The minimum atomic E-state index is -0.0813. The van der Waals surface area contributed by atoms with Gasteiger partial charge in [0, 0.05) is 0 Å². The topological polar surface area (TPSA) is 26.3 Å². The Balaban J connectivity index is 2.46. The molecule has 0 unspecified atom stereocenters. The van der Waals surface area contributed by atoms with Crippen LogP contribution >= 0.6 is 22.9 Å². The summed E-state index contributed by atoms with van der Waals surface area (Å²) >= 11 is 7.35. The van der Waals surface area contributed by atoms with E-state index in [0.29, 0.717) is 27.8 Å². The predicted molar refractivity (Wildman–Crippen MR) is 75.1 cm³/mol. The zero-order chi connectivity index (χ0) is 13.1. The van der Waals surface area contributed by atoms with Crippen LogP contribution in [-0.4, -0.2) is 12.4 Å². The average Bonchev–Trinajstić information content (AvgIpc) is 2.77. The molecule has 0 saturated carbocycles.